The average Bonchev–Trinajstić information content (AvgIpc) is 2.94. The number of halogens is 3. The molecular formula is C10H7F3N4O2. The highest BCUT2D eigenvalue weighted by Crippen LogP contribution is 2.19. The van der Waals surface area contributed by atoms with E-state index in [4.69, 9.17) is 9.78 Å². The zero-order chi connectivity index (χ0) is 13.9. The number of aromatic amines is 1. The Kier molecular flexibility index (Phi) is 3.52. The monoisotopic (exact) mass is 272 g/mol. The number of nitrogens with one attached hydrogen (secondary N) is 1. The van der Waals surface area contributed by atoms with Gasteiger partial charge in [0.2, 0.25) is 0 Å². The average molecular weight is 272 g/mol. The first-order chi connectivity index (χ1) is 8.98. The molecular weight excluding hydrogens is 265 g/mol. The summed E-state index contributed by atoms with van der Waals surface area (Å²) in [5, 5.41) is 12.1. The second-order valence-corrected chi connectivity index (χ2v) is 3.54. The minimum Gasteiger partial charge on any atom is -0.364 e. The summed E-state index contributed by atoms with van der Waals surface area (Å²) in [4.78, 5) is 6.51. The number of nitrogens with zero attached hydrogens (tertiary/aromatic N) is 3. The molecule has 100 valence electrons. The van der Waals surface area contributed by atoms with Crippen molar-refractivity contribution in [3.63, 3.8) is 0 Å². The zero-order valence-corrected chi connectivity index (χ0v) is 9.36. The van der Waals surface area contributed by atoms with E-state index in [1.165, 1.54) is 12.3 Å². The van der Waals surface area contributed by atoms with E-state index < -0.39 is 19.4 Å². The Morgan fingerprint density at radius 1 is 1.47 bits per heavy atom. The number of rotatable bonds is 4. The molecule has 0 atom stereocenters. The minimum absolute atomic E-state index is 0.000965. The Morgan fingerprint density at radius 3 is 2.89 bits per heavy atom. The fourth-order valence-electron chi connectivity index (χ4n) is 1.27. The predicted octanol–water partition coefficient (Wildman–Crippen LogP) is 2.02. The van der Waals surface area contributed by atoms with Gasteiger partial charge in [-0.15, -0.1) is 0 Å². The van der Waals surface area contributed by atoms with Crippen molar-refractivity contribution in [1.29, 1.82) is 5.26 Å². The summed E-state index contributed by atoms with van der Waals surface area (Å²) in [6, 6.07) is 3.36. The second-order valence-electron chi connectivity index (χ2n) is 3.54. The smallest absolute Gasteiger partial charge is 0.364 e. The SMILES string of the molecule is N#Cc1cc(-c2nc(COCC(F)(F)F)no2)c[nH]1. The molecule has 2 heterocycles. The van der Waals surface area contributed by atoms with Gasteiger partial charge < -0.3 is 14.2 Å². The molecule has 2 aromatic rings. The zero-order valence-electron chi connectivity index (χ0n) is 9.36. The van der Waals surface area contributed by atoms with Crippen molar-refractivity contribution in [2.45, 2.75) is 12.8 Å². The lowest BCUT2D eigenvalue weighted by Gasteiger charge is -2.04. The summed E-state index contributed by atoms with van der Waals surface area (Å²) >= 11 is 0. The number of nitriles is 1. The first-order valence-electron chi connectivity index (χ1n) is 5.04. The number of hydrogen-bond donors (Lipinski definition) is 1. The molecule has 2 rings (SSSR count). The highest BCUT2D eigenvalue weighted by atomic mass is 19.4. The van der Waals surface area contributed by atoms with E-state index in [9.17, 15) is 13.2 Å². The molecule has 9 heteroatoms. The number of H-pyrrole nitrogens is 1. The number of ether oxygens (including phenoxy) is 1. The number of aromatic nitrogens is 3. The van der Waals surface area contributed by atoms with Gasteiger partial charge in [0.25, 0.3) is 5.89 Å². The molecule has 0 aliphatic rings. The van der Waals surface area contributed by atoms with Gasteiger partial charge in [-0.3, -0.25) is 0 Å². The van der Waals surface area contributed by atoms with Crippen LogP contribution in [0, 0.1) is 11.3 Å². The Morgan fingerprint density at radius 2 is 2.26 bits per heavy atom. The summed E-state index contributed by atoms with van der Waals surface area (Å²) in [5.74, 6) is 0.0994. The molecule has 0 unspecified atom stereocenters. The fraction of sp³-hybridized carbons (Fsp3) is 0.300. The third-order valence-electron chi connectivity index (χ3n) is 2.02. The minimum atomic E-state index is -4.39. The van der Waals surface area contributed by atoms with E-state index in [2.05, 4.69) is 19.9 Å². The summed E-state index contributed by atoms with van der Waals surface area (Å²) in [6.07, 6.45) is -2.92. The molecule has 0 bridgehead atoms. The van der Waals surface area contributed by atoms with Crippen LogP contribution in [-0.2, 0) is 11.3 Å². The van der Waals surface area contributed by atoms with Gasteiger partial charge in [0.1, 0.15) is 25.0 Å². The van der Waals surface area contributed by atoms with Crippen LogP contribution < -0.4 is 0 Å². The fourth-order valence-corrected chi connectivity index (χ4v) is 1.27. The molecule has 1 N–H and O–H groups in total. The maximum Gasteiger partial charge on any atom is 0.411 e. The van der Waals surface area contributed by atoms with Crippen LogP contribution in [0.15, 0.2) is 16.8 Å². The highest BCUT2D eigenvalue weighted by molar-refractivity contribution is 5.54. The van der Waals surface area contributed by atoms with Gasteiger partial charge in [-0.05, 0) is 6.07 Å². The van der Waals surface area contributed by atoms with Crippen molar-refractivity contribution in [2.75, 3.05) is 6.61 Å². The molecule has 0 spiro atoms. The van der Waals surface area contributed by atoms with E-state index in [0.717, 1.165) is 0 Å². The van der Waals surface area contributed by atoms with Crippen molar-refractivity contribution in [3.05, 3.63) is 23.8 Å². The van der Waals surface area contributed by atoms with Gasteiger partial charge in [0, 0.05) is 6.20 Å². The topological polar surface area (TPSA) is 87.7 Å². The van der Waals surface area contributed by atoms with E-state index in [0.29, 0.717) is 11.3 Å². The van der Waals surface area contributed by atoms with Crippen LogP contribution in [0.1, 0.15) is 11.5 Å². The third kappa shape index (κ3) is 3.56. The van der Waals surface area contributed by atoms with E-state index in [1.807, 2.05) is 6.07 Å². The van der Waals surface area contributed by atoms with Crippen molar-refractivity contribution in [1.82, 2.24) is 15.1 Å². The molecule has 6 nitrogen and oxygen atoms in total. The predicted molar refractivity (Wildman–Crippen MR) is 54.5 cm³/mol. The standard InChI is InChI=1S/C10H7F3N4O2/c11-10(12,13)5-18-4-8-16-9(19-17-8)6-1-7(2-14)15-3-6/h1,3,15H,4-5H2. The van der Waals surface area contributed by atoms with E-state index in [1.54, 1.807) is 0 Å². The van der Waals surface area contributed by atoms with Crippen LogP contribution in [0.4, 0.5) is 13.2 Å². The Labute approximate surface area is 104 Å². The highest BCUT2D eigenvalue weighted by Gasteiger charge is 2.27. The van der Waals surface area contributed by atoms with Crippen LogP contribution in [-0.4, -0.2) is 27.9 Å². The molecule has 19 heavy (non-hydrogen) atoms. The lowest BCUT2D eigenvalue weighted by atomic mass is 10.3. The van der Waals surface area contributed by atoms with Gasteiger partial charge in [0.15, 0.2) is 5.82 Å². The van der Waals surface area contributed by atoms with Crippen LogP contribution >= 0.6 is 0 Å². The van der Waals surface area contributed by atoms with Gasteiger partial charge in [-0.25, -0.2) is 0 Å². The van der Waals surface area contributed by atoms with E-state index >= 15 is 0 Å². The molecule has 2 aromatic heterocycles. The number of hydrogen-bond acceptors (Lipinski definition) is 5. The van der Waals surface area contributed by atoms with Crippen LogP contribution in [0.2, 0.25) is 0 Å². The van der Waals surface area contributed by atoms with Crippen molar-refractivity contribution in [2.24, 2.45) is 0 Å². The maximum absolute atomic E-state index is 11.8. The molecule has 0 saturated carbocycles. The molecule has 0 fully saturated rings. The first-order valence-corrected chi connectivity index (χ1v) is 5.04. The van der Waals surface area contributed by atoms with Crippen LogP contribution in [0.25, 0.3) is 11.5 Å². The molecule has 0 radical (unpaired) electrons. The second kappa shape index (κ2) is 5.11. The van der Waals surface area contributed by atoms with Crippen LogP contribution in [0.3, 0.4) is 0 Å². The van der Waals surface area contributed by atoms with Gasteiger partial charge in [-0.2, -0.15) is 23.4 Å². The summed E-state index contributed by atoms with van der Waals surface area (Å²) in [6.45, 7) is -1.78. The molecule has 0 aromatic carbocycles. The summed E-state index contributed by atoms with van der Waals surface area (Å²) in [5.41, 5.74) is 0.786. The van der Waals surface area contributed by atoms with Crippen molar-refractivity contribution in [3.8, 4) is 17.5 Å². The van der Waals surface area contributed by atoms with E-state index in [-0.39, 0.29) is 11.7 Å². The molecule has 0 aliphatic heterocycles. The number of alkyl halides is 3. The first kappa shape index (κ1) is 13.1. The lowest BCUT2D eigenvalue weighted by Crippen LogP contribution is -2.16. The quantitative estimate of drug-likeness (QED) is 0.919. The Hall–Kier alpha value is -2.34. The van der Waals surface area contributed by atoms with Gasteiger partial charge >= 0.3 is 6.18 Å². The summed E-state index contributed by atoms with van der Waals surface area (Å²) < 4.78 is 44.8. The van der Waals surface area contributed by atoms with Crippen molar-refractivity contribution < 1.29 is 22.4 Å². The van der Waals surface area contributed by atoms with Gasteiger partial charge in [-0.1, -0.05) is 5.16 Å². The Bertz CT molecular complexity index is 596. The lowest BCUT2D eigenvalue weighted by molar-refractivity contribution is -0.177. The molecule has 0 amide bonds. The summed E-state index contributed by atoms with van der Waals surface area (Å²) in [7, 11) is 0. The molecule has 0 aliphatic carbocycles. The van der Waals surface area contributed by atoms with Gasteiger partial charge in [0.05, 0.1) is 5.56 Å². The normalized spacial score (nSPS) is 11.5. The van der Waals surface area contributed by atoms with Crippen molar-refractivity contribution >= 4 is 0 Å². The Balaban J connectivity index is 1.97. The largest absolute Gasteiger partial charge is 0.411 e. The van der Waals surface area contributed by atoms with Crippen LogP contribution in [0.5, 0.6) is 0 Å². The third-order valence-corrected chi connectivity index (χ3v) is 2.02. The maximum atomic E-state index is 11.8. The molecule has 0 saturated heterocycles.